The second-order valence-corrected chi connectivity index (χ2v) is 8.19. The number of nitrogens with zero attached hydrogens (tertiary/aromatic N) is 1. The monoisotopic (exact) mass is 433 g/mol. The van der Waals surface area contributed by atoms with Gasteiger partial charge >= 0.3 is 0 Å². The molecule has 0 radical (unpaired) electrons. The normalized spacial score (nSPS) is 11.6. The molecule has 2 heteroatoms. The van der Waals surface area contributed by atoms with Gasteiger partial charge in [-0.05, 0) is 22.2 Å². The first-order chi connectivity index (χ1) is 14.3. The molecule has 0 atom stereocenters. The highest BCUT2D eigenvalue weighted by atomic mass is 79.9. The molecule has 0 saturated heterocycles. The Labute approximate surface area is 176 Å². The van der Waals surface area contributed by atoms with Gasteiger partial charge in [-0.1, -0.05) is 107 Å². The van der Waals surface area contributed by atoms with Crippen molar-refractivity contribution in [1.82, 2.24) is 4.98 Å². The van der Waals surface area contributed by atoms with Crippen LogP contribution in [0.5, 0.6) is 0 Å². The molecule has 1 nitrogen and oxygen atoms in total. The summed E-state index contributed by atoms with van der Waals surface area (Å²) < 4.78 is 1.10. The zero-order chi connectivity index (χ0) is 19.4. The molecule has 0 aliphatic heterocycles. The van der Waals surface area contributed by atoms with Crippen LogP contribution < -0.4 is 0 Å². The lowest BCUT2D eigenvalue weighted by Crippen LogP contribution is -1.92. The summed E-state index contributed by atoms with van der Waals surface area (Å²) in [6.07, 6.45) is 0. The number of fused-ring (bicyclic) bond motifs is 7. The highest BCUT2D eigenvalue weighted by Crippen LogP contribution is 2.41. The predicted molar refractivity (Wildman–Crippen MR) is 127 cm³/mol. The van der Waals surface area contributed by atoms with E-state index < -0.39 is 0 Å². The lowest BCUT2D eigenvalue weighted by atomic mass is 9.94. The number of halogens is 1. The van der Waals surface area contributed by atoms with Crippen molar-refractivity contribution in [1.29, 1.82) is 0 Å². The van der Waals surface area contributed by atoms with E-state index in [9.17, 15) is 0 Å². The summed E-state index contributed by atoms with van der Waals surface area (Å²) >= 11 is 3.80. The third kappa shape index (κ3) is 2.49. The van der Waals surface area contributed by atoms with Crippen LogP contribution in [0.1, 0.15) is 0 Å². The smallest absolute Gasteiger partial charge is 0.0794 e. The average Bonchev–Trinajstić information content (AvgIpc) is 2.79. The van der Waals surface area contributed by atoms with Crippen LogP contribution in [-0.4, -0.2) is 4.98 Å². The van der Waals surface area contributed by atoms with Gasteiger partial charge in [0.15, 0.2) is 0 Å². The van der Waals surface area contributed by atoms with Gasteiger partial charge in [0, 0.05) is 31.6 Å². The predicted octanol–water partition coefficient (Wildman–Crippen LogP) is 8.12. The lowest BCUT2D eigenvalue weighted by molar-refractivity contribution is 1.44. The quantitative estimate of drug-likeness (QED) is 0.238. The maximum Gasteiger partial charge on any atom is 0.0794 e. The van der Waals surface area contributed by atoms with E-state index in [0.717, 1.165) is 21.2 Å². The van der Waals surface area contributed by atoms with Gasteiger partial charge in [-0.25, -0.2) is 4.98 Å². The third-order valence-corrected chi connectivity index (χ3v) is 6.35. The van der Waals surface area contributed by atoms with Crippen LogP contribution in [0.15, 0.2) is 102 Å². The van der Waals surface area contributed by atoms with Gasteiger partial charge in [0.25, 0.3) is 0 Å². The van der Waals surface area contributed by atoms with Gasteiger partial charge in [-0.3, -0.25) is 0 Å². The van der Waals surface area contributed by atoms with Crippen molar-refractivity contribution in [2.75, 3.05) is 0 Å². The van der Waals surface area contributed by atoms with Crippen LogP contribution in [0.25, 0.3) is 54.5 Å². The van der Waals surface area contributed by atoms with Crippen molar-refractivity contribution in [3.05, 3.63) is 102 Å². The van der Waals surface area contributed by atoms with Crippen molar-refractivity contribution < 1.29 is 0 Å². The molecule has 29 heavy (non-hydrogen) atoms. The molecule has 0 spiro atoms. The Balaban J connectivity index is 1.94. The molecule has 136 valence electrons. The number of hydrogen-bond acceptors (Lipinski definition) is 1. The minimum absolute atomic E-state index is 1.02. The van der Waals surface area contributed by atoms with Gasteiger partial charge in [-0.2, -0.15) is 0 Å². The zero-order valence-corrected chi connectivity index (χ0v) is 17.1. The van der Waals surface area contributed by atoms with E-state index in [4.69, 9.17) is 4.98 Å². The summed E-state index contributed by atoms with van der Waals surface area (Å²) in [6.45, 7) is 0. The Bertz CT molecular complexity index is 1550. The van der Waals surface area contributed by atoms with Crippen molar-refractivity contribution >= 4 is 59.2 Å². The van der Waals surface area contributed by atoms with E-state index in [-0.39, 0.29) is 0 Å². The van der Waals surface area contributed by atoms with Crippen LogP contribution in [-0.2, 0) is 0 Å². The first-order valence-corrected chi connectivity index (χ1v) is 10.5. The Morgan fingerprint density at radius 2 is 1.24 bits per heavy atom. The number of benzene rings is 5. The number of aromatic nitrogens is 1. The molecule has 0 aliphatic carbocycles. The molecular weight excluding hydrogens is 418 g/mol. The van der Waals surface area contributed by atoms with E-state index in [2.05, 4.69) is 107 Å². The Morgan fingerprint density at radius 1 is 0.552 bits per heavy atom. The molecule has 5 aromatic carbocycles. The van der Waals surface area contributed by atoms with E-state index >= 15 is 0 Å². The topological polar surface area (TPSA) is 12.9 Å². The Kier molecular flexibility index (Phi) is 3.68. The number of pyridine rings is 1. The van der Waals surface area contributed by atoms with Crippen molar-refractivity contribution in [2.45, 2.75) is 0 Å². The van der Waals surface area contributed by atoms with Gasteiger partial charge in [0.2, 0.25) is 0 Å². The molecule has 1 heterocycles. The molecule has 0 bridgehead atoms. The third-order valence-electron chi connectivity index (χ3n) is 5.69. The fourth-order valence-electron chi connectivity index (χ4n) is 4.37. The minimum atomic E-state index is 1.02. The van der Waals surface area contributed by atoms with E-state index in [1.54, 1.807) is 0 Å². The molecule has 0 aliphatic rings. The molecule has 6 aromatic rings. The van der Waals surface area contributed by atoms with Crippen LogP contribution >= 0.6 is 15.9 Å². The van der Waals surface area contributed by atoms with Crippen LogP contribution in [0.3, 0.4) is 0 Å². The molecule has 0 saturated carbocycles. The van der Waals surface area contributed by atoms with E-state index in [1.807, 2.05) is 6.07 Å². The van der Waals surface area contributed by atoms with E-state index in [0.29, 0.717) is 0 Å². The summed E-state index contributed by atoms with van der Waals surface area (Å²) in [5.74, 6) is 0. The van der Waals surface area contributed by atoms with Crippen LogP contribution in [0, 0.1) is 0 Å². The first kappa shape index (κ1) is 16.7. The average molecular weight is 434 g/mol. The van der Waals surface area contributed by atoms with Gasteiger partial charge in [0.05, 0.1) is 11.2 Å². The van der Waals surface area contributed by atoms with Crippen molar-refractivity contribution in [2.24, 2.45) is 0 Å². The SMILES string of the molecule is Brc1cc2c(-c3ccccc3)nc3c4ccccc4ccc3c2c2ccccc12. The van der Waals surface area contributed by atoms with Gasteiger partial charge < -0.3 is 0 Å². The largest absolute Gasteiger partial charge is 0.246 e. The van der Waals surface area contributed by atoms with Gasteiger partial charge in [-0.15, -0.1) is 0 Å². The maximum atomic E-state index is 5.23. The molecule has 1 aromatic heterocycles. The second kappa shape index (κ2) is 6.40. The summed E-state index contributed by atoms with van der Waals surface area (Å²) in [5.41, 5.74) is 3.22. The summed E-state index contributed by atoms with van der Waals surface area (Å²) in [5, 5.41) is 8.50. The van der Waals surface area contributed by atoms with Crippen molar-refractivity contribution in [3.63, 3.8) is 0 Å². The maximum absolute atomic E-state index is 5.23. The highest BCUT2D eigenvalue weighted by molar-refractivity contribution is 9.10. The fourth-order valence-corrected chi connectivity index (χ4v) is 4.95. The minimum Gasteiger partial charge on any atom is -0.246 e. The molecule has 6 rings (SSSR count). The lowest BCUT2D eigenvalue weighted by Gasteiger charge is -2.15. The van der Waals surface area contributed by atoms with Crippen LogP contribution in [0.2, 0.25) is 0 Å². The zero-order valence-electron chi connectivity index (χ0n) is 15.6. The van der Waals surface area contributed by atoms with Gasteiger partial charge in [0.1, 0.15) is 0 Å². The van der Waals surface area contributed by atoms with E-state index in [1.165, 1.54) is 37.7 Å². The molecule has 0 N–H and O–H groups in total. The Morgan fingerprint density at radius 3 is 2.07 bits per heavy atom. The number of rotatable bonds is 1. The first-order valence-electron chi connectivity index (χ1n) is 9.69. The van der Waals surface area contributed by atoms with Crippen molar-refractivity contribution in [3.8, 4) is 11.3 Å². The molecular formula is C27H16BrN. The standard InChI is InChI=1S/C27H16BrN/c28-24-16-23-25(21-13-7-6-12-20(21)24)22-15-14-17-8-4-5-11-19(17)27(22)29-26(23)18-9-2-1-3-10-18/h1-16H. The fraction of sp³-hybridized carbons (Fsp3) is 0. The summed E-state index contributed by atoms with van der Waals surface area (Å²) in [4.78, 5) is 5.23. The molecule has 0 unspecified atom stereocenters. The molecule has 0 amide bonds. The summed E-state index contributed by atoms with van der Waals surface area (Å²) in [7, 11) is 0. The summed E-state index contributed by atoms with van der Waals surface area (Å²) in [6, 6.07) is 34.2. The Hall–Kier alpha value is -3.23. The highest BCUT2D eigenvalue weighted by Gasteiger charge is 2.16. The molecule has 0 fully saturated rings. The van der Waals surface area contributed by atoms with Crippen LogP contribution in [0.4, 0.5) is 0 Å². The number of hydrogen-bond donors (Lipinski definition) is 0. The second-order valence-electron chi connectivity index (χ2n) is 7.34.